The van der Waals surface area contributed by atoms with Crippen molar-refractivity contribution in [1.29, 1.82) is 0 Å². The van der Waals surface area contributed by atoms with Gasteiger partial charge < -0.3 is 0 Å². The molecule has 2 heteroatoms. The Kier molecular flexibility index (Phi) is 3.68. The zero-order valence-electron chi connectivity index (χ0n) is 15.2. The van der Waals surface area contributed by atoms with Crippen LogP contribution in [0.3, 0.4) is 0 Å². The van der Waals surface area contributed by atoms with Gasteiger partial charge in [0, 0.05) is 30.3 Å². The Morgan fingerprint density at radius 1 is 0.556 bits per heavy atom. The summed E-state index contributed by atoms with van der Waals surface area (Å²) in [6.07, 6.45) is 8.44. The van der Waals surface area contributed by atoms with Crippen LogP contribution in [0.2, 0.25) is 0 Å². The Hall–Kier alpha value is -3.52. The van der Waals surface area contributed by atoms with E-state index < -0.39 is 0 Å². The number of aromatic nitrogens is 2. The molecule has 27 heavy (non-hydrogen) atoms. The van der Waals surface area contributed by atoms with Gasteiger partial charge in [0.2, 0.25) is 5.69 Å². The van der Waals surface area contributed by atoms with Gasteiger partial charge in [-0.05, 0) is 39.4 Å². The normalized spacial score (nSPS) is 11.1. The smallest absolute Gasteiger partial charge is 0.208 e. The molecule has 0 aliphatic heterocycles. The third kappa shape index (κ3) is 2.85. The molecule has 0 spiro atoms. The first-order valence-corrected chi connectivity index (χ1v) is 9.17. The van der Waals surface area contributed by atoms with Gasteiger partial charge in [0.1, 0.15) is 7.05 Å². The van der Waals surface area contributed by atoms with Gasteiger partial charge in [0.15, 0.2) is 24.8 Å². The fourth-order valence-electron chi connectivity index (χ4n) is 3.65. The molecule has 3 aromatic carbocycles. The Bertz CT molecular complexity index is 1250. The van der Waals surface area contributed by atoms with Crippen LogP contribution in [0.15, 0.2) is 104 Å². The van der Waals surface area contributed by atoms with Crippen molar-refractivity contribution in [3.63, 3.8) is 0 Å². The monoisotopic (exact) mass is 348 g/mol. The molecule has 128 valence electrons. The minimum atomic E-state index is 1.20. The van der Waals surface area contributed by atoms with Gasteiger partial charge in [0.05, 0.1) is 5.39 Å². The Morgan fingerprint density at radius 2 is 1.15 bits per heavy atom. The number of nitrogens with zero attached hydrogens (tertiary/aromatic N) is 2. The average Bonchev–Trinajstić information content (AvgIpc) is 2.72. The largest absolute Gasteiger partial charge is 0.218 e. The van der Waals surface area contributed by atoms with E-state index in [1.165, 1.54) is 38.4 Å². The van der Waals surface area contributed by atoms with Crippen LogP contribution in [0.25, 0.3) is 38.4 Å². The molecule has 0 aliphatic rings. The molecule has 2 heterocycles. The molecule has 2 nitrogen and oxygen atoms in total. The SMILES string of the molecule is C[n+]1ccc(-c2cc[n+](-c3cccc4cc5ccccc5cc34)cc2)cc1. The van der Waals surface area contributed by atoms with Crippen LogP contribution in [0, 0.1) is 0 Å². The molecule has 0 N–H and O–H groups in total. The van der Waals surface area contributed by atoms with E-state index in [-0.39, 0.29) is 0 Å². The van der Waals surface area contributed by atoms with Crippen LogP contribution in [-0.4, -0.2) is 0 Å². The quantitative estimate of drug-likeness (QED) is 0.321. The van der Waals surface area contributed by atoms with Crippen LogP contribution in [-0.2, 0) is 7.05 Å². The second-order valence-electron chi connectivity index (χ2n) is 6.94. The van der Waals surface area contributed by atoms with E-state index in [1.807, 2.05) is 11.6 Å². The Labute approximate surface area is 158 Å². The van der Waals surface area contributed by atoms with Crippen molar-refractivity contribution in [2.45, 2.75) is 0 Å². The predicted octanol–water partition coefficient (Wildman–Crippen LogP) is 4.76. The van der Waals surface area contributed by atoms with Gasteiger partial charge in [-0.3, -0.25) is 0 Å². The highest BCUT2D eigenvalue weighted by Gasteiger charge is 2.12. The van der Waals surface area contributed by atoms with Crippen LogP contribution >= 0.6 is 0 Å². The summed E-state index contributed by atoms with van der Waals surface area (Å²) in [6, 6.07) is 28.2. The van der Waals surface area contributed by atoms with E-state index in [4.69, 9.17) is 0 Å². The maximum absolute atomic E-state index is 2.29. The highest BCUT2D eigenvalue weighted by atomic mass is 14.9. The summed E-state index contributed by atoms with van der Waals surface area (Å²) in [5.74, 6) is 0. The molecule has 5 aromatic rings. The molecule has 5 rings (SSSR count). The van der Waals surface area contributed by atoms with Crippen molar-refractivity contribution in [3.8, 4) is 16.8 Å². The van der Waals surface area contributed by atoms with Gasteiger partial charge in [0.25, 0.3) is 0 Å². The van der Waals surface area contributed by atoms with Crippen molar-refractivity contribution in [1.82, 2.24) is 0 Å². The fraction of sp³-hybridized carbons (Fsp3) is 0.0400. The number of hydrogen-bond acceptors (Lipinski definition) is 0. The second-order valence-corrected chi connectivity index (χ2v) is 6.94. The molecule has 0 radical (unpaired) electrons. The molecule has 0 saturated carbocycles. The summed E-state index contributed by atoms with van der Waals surface area (Å²) >= 11 is 0. The van der Waals surface area contributed by atoms with Crippen LogP contribution in [0.1, 0.15) is 0 Å². The van der Waals surface area contributed by atoms with Crippen molar-refractivity contribution in [2.75, 3.05) is 0 Å². The lowest BCUT2D eigenvalue weighted by atomic mass is 10.0. The third-order valence-electron chi connectivity index (χ3n) is 5.14. The van der Waals surface area contributed by atoms with E-state index in [0.29, 0.717) is 0 Å². The molecular formula is C25H20N2+2. The summed E-state index contributed by atoms with van der Waals surface area (Å²) in [5.41, 5.74) is 3.64. The van der Waals surface area contributed by atoms with Gasteiger partial charge in [-0.15, -0.1) is 0 Å². The highest BCUT2D eigenvalue weighted by molar-refractivity contribution is 6.00. The number of benzene rings is 3. The lowest BCUT2D eigenvalue weighted by Crippen LogP contribution is -2.29. The Morgan fingerprint density at radius 3 is 1.85 bits per heavy atom. The van der Waals surface area contributed by atoms with Gasteiger partial charge in [-0.2, -0.15) is 4.57 Å². The number of pyridine rings is 2. The fourth-order valence-corrected chi connectivity index (χ4v) is 3.65. The minimum Gasteiger partial charge on any atom is -0.208 e. The van der Waals surface area contributed by atoms with Crippen molar-refractivity contribution < 1.29 is 9.13 Å². The predicted molar refractivity (Wildman–Crippen MR) is 110 cm³/mol. The Balaban J connectivity index is 1.62. The minimum absolute atomic E-state index is 1.20. The molecule has 2 aromatic heterocycles. The highest BCUT2D eigenvalue weighted by Crippen LogP contribution is 2.26. The molecule has 0 amide bonds. The van der Waals surface area contributed by atoms with E-state index >= 15 is 0 Å². The molecule has 0 atom stereocenters. The maximum Gasteiger partial charge on any atom is 0.218 e. The first-order valence-electron chi connectivity index (χ1n) is 9.17. The summed E-state index contributed by atoms with van der Waals surface area (Å²) in [7, 11) is 2.03. The van der Waals surface area contributed by atoms with Crippen LogP contribution in [0.5, 0.6) is 0 Å². The average molecular weight is 348 g/mol. The standard InChI is InChI=1S/C25H20N2/c1-26-13-9-19(10-14-26)20-11-15-27(16-12-20)25-8-4-7-23-17-21-5-2-3-6-22(21)18-24(23)25/h2-18H,1H3/q+2. The van der Waals surface area contributed by atoms with Crippen molar-refractivity contribution >= 4 is 21.5 Å². The molecule has 0 aliphatic carbocycles. The van der Waals surface area contributed by atoms with Gasteiger partial charge in [-0.25, -0.2) is 4.57 Å². The molecule has 0 bridgehead atoms. The summed E-state index contributed by atoms with van der Waals surface area (Å²) in [4.78, 5) is 0. The first-order chi connectivity index (χ1) is 13.3. The molecule has 0 saturated heterocycles. The number of aryl methyl sites for hydroxylation is 1. The summed E-state index contributed by atoms with van der Waals surface area (Å²) < 4.78 is 4.25. The van der Waals surface area contributed by atoms with Gasteiger partial charge >= 0.3 is 0 Å². The lowest BCUT2D eigenvalue weighted by Gasteiger charge is -2.05. The number of hydrogen-bond donors (Lipinski definition) is 0. The summed E-state index contributed by atoms with van der Waals surface area (Å²) in [5, 5.41) is 5.07. The van der Waals surface area contributed by atoms with E-state index in [1.54, 1.807) is 0 Å². The molecule has 0 unspecified atom stereocenters. The van der Waals surface area contributed by atoms with E-state index in [9.17, 15) is 0 Å². The molecule has 0 fully saturated rings. The van der Waals surface area contributed by atoms with Crippen LogP contribution < -0.4 is 9.13 Å². The lowest BCUT2D eigenvalue weighted by molar-refractivity contribution is -0.671. The van der Waals surface area contributed by atoms with Crippen LogP contribution in [0.4, 0.5) is 0 Å². The second kappa shape index (κ2) is 6.33. The third-order valence-corrected chi connectivity index (χ3v) is 5.14. The topological polar surface area (TPSA) is 7.76 Å². The number of rotatable bonds is 2. The first kappa shape index (κ1) is 15.7. The summed E-state index contributed by atoms with van der Waals surface area (Å²) in [6.45, 7) is 0. The number of fused-ring (bicyclic) bond motifs is 2. The maximum atomic E-state index is 2.29. The van der Waals surface area contributed by atoms with Gasteiger partial charge in [-0.1, -0.05) is 36.4 Å². The van der Waals surface area contributed by atoms with Crippen molar-refractivity contribution in [3.05, 3.63) is 104 Å². The van der Waals surface area contributed by atoms with Crippen molar-refractivity contribution in [2.24, 2.45) is 7.05 Å². The zero-order valence-corrected chi connectivity index (χ0v) is 15.2. The van der Waals surface area contributed by atoms with E-state index in [0.717, 1.165) is 0 Å². The molecular weight excluding hydrogens is 328 g/mol. The zero-order chi connectivity index (χ0) is 18.2. The van der Waals surface area contributed by atoms with E-state index in [2.05, 4.69) is 108 Å².